The Balaban J connectivity index is -0.0000000803. The van der Waals surface area contributed by atoms with Crippen LogP contribution in [0.3, 0.4) is 0 Å². The third-order valence-corrected chi connectivity index (χ3v) is 2.92. The van der Waals surface area contributed by atoms with Crippen LogP contribution in [0.2, 0.25) is 0 Å². The number of methoxy groups -OCH3 is 3. The molecule has 0 fully saturated rings. The molecule has 12 heteroatoms. The van der Waals surface area contributed by atoms with Gasteiger partial charge in [0.25, 0.3) is 0 Å². The van der Waals surface area contributed by atoms with Crippen molar-refractivity contribution in [2.24, 2.45) is 0 Å². The topological polar surface area (TPSA) is 115 Å². The molecule has 2 amide bonds. The molecule has 0 rings (SSSR count). The van der Waals surface area contributed by atoms with Crippen molar-refractivity contribution in [3.05, 3.63) is 0 Å². The second-order valence-electron chi connectivity index (χ2n) is 5.09. The number of carbonyl (C=O) groups is 3. The van der Waals surface area contributed by atoms with Crippen molar-refractivity contribution in [1.82, 2.24) is 14.1 Å². The van der Waals surface area contributed by atoms with Crippen molar-refractivity contribution in [1.29, 1.82) is 0 Å². The summed E-state index contributed by atoms with van der Waals surface area (Å²) in [5, 5.41) is 0. The molecule has 0 aliphatic heterocycles. The van der Waals surface area contributed by atoms with Gasteiger partial charge in [-0.15, -0.1) is 0 Å². The quantitative estimate of drug-likeness (QED) is 0.582. The molecule has 0 bridgehead atoms. The van der Waals surface area contributed by atoms with Gasteiger partial charge in [0.2, 0.25) is 23.1 Å². The van der Waals surface area contributed by atoms with E-state index < -0.39 is 17.4 Å². The zero-order valence-corrected chi connectivity index (χ0v) is 20.3. The van der Waals surface area contributed by atoms with Crippen molar-refractivity contribution in [2.75, 3.05) is 77.8 Å². The Bertz CT molecular complexity index is 379. The number of hydrogen-bond donors (Lipinski definition) is 0. The van der Waals surface area contributed by atoms with Gasteiger partial charge < -0.3 is 24.0 Å². The minimum atomic E-state index is -1.25. The van der Waals surface area contributed by atoms with Crippen molar-refractivity contribution < 1.29 is 37.0 Å². The van der Waals surface area contributed by atoms with E-state index in [0.29, 0.717) is 0 Å². The maximum atomic E-state index is 10.3. The summed E-state index contributed by atoms with van der Waals surface area (Å²) in [7, 11) is 17.4. The standard InChI is InChI=1S/2C4H9NO.C3H9NO2S.C3H6O3.C2H6O/c2*1-4(6)5(2)3;1-4(2)7(5)6-3;1-5-3(4)6-2;1-3-2/h2*1-3H3;1-3H3;1-2H3;1-2H3. The van der Waals surface area contributed by atoms with Crippen molar-refractivity contribution in [3.63, 3.8) is 0 Å². The lowest BCUT2D eigenvalue weighted by Crippen LogP contribution is -2.17. The first-order valence-electron chi connectivity index (χ1n) is 7.71. The second kappa shape index (κ2) is 27.5. The summed E-state index contributed by atoms with van der Waals surface area (Å²) in [4.78, 5) is 32.9. The van der Waals surface area contributed by atoms with Gasteiger partial charge in [0.05, 0.1) is 21.3 Å². The molecule has 0 aliphatic rings. The highest BCUT2D eigenvalue weighted by molar-refractivity contribution is 7.77. The molecular formula is C16H39N3O8S. The van der Waals surface area contributed by atoms with Crippen LogP contribution < -0.4 is 0 Å². The van der Waals surface area contributed by atoms with E-state index in [1.54, 1.807) is 56.5 Å². The van der Waals surface area contributed by atoms with Gasteiger partial charge in [0.1, 0.15) is 0 Å². The number of ether oxygens (including phenoxy) is 3. The predicted octanol–water partition coefficient (Wildman–Crippen LogP) is 0.624. The third kappa shape index (κ3) is 49.6. The fraction of sp³-hybridized carbons (Fsp3) is 0.812. The fourth-order valence-corrected chi connectivity index (χ4v) is 0.531. The number of nitrogens with zero attached hydrogens (tertiary/aromatic N) is 3. The summed E-state index contributed by atoms with van der Waals surface area (Å²) in [5.41, 5.74) is 0. The minimum absolute atomic E-state index is 0.0926. The predicted molar refractivity (Wildman–Crippen MR) is 110 cm³/mol. The van der Waals surface area contributed by atoms with Gasteiger partial charge in [-0.1, -0.05) is 0 Å². The van der Waals surface area contributed by atoms with Crippen LogP contribution in [-0.4, -0.2) is 114 Å². The van der Waals surface area contributed by atoms with E-state index in [9.17, 15) is 18.6 Å². The molecule has 28 heavy (non-hydrogen) atoms. The molecule has 0 heterocycles. The summed E-state index contributed by atoms with van der Waals surface area (Å²) < 4.78 is 28.5. The fourth-order valence-electron chi connectivity index (χ4n) is 0.232. The van der Waals surface area contributed by atoms with Crippen LogP contribution in [0.5, 0.6) is 0 Å². The van der Waals surface area contributed by atoms with Crippen LogP contribution in [0.15, 0.2) is 0 Å². The summed E-state index contributed by atoms with van der Waals surface area (Å²) >= 11 is -1.25. The average Bonchev–Trinajstić information content (AvgIpc) is 2.62. The summed E-state index contributed by atoms with van der Waals surface area (Å²) in [6.45, 7) is 3.06. The first-order valence-corrected chi connectivity index (χ1v) is 8.74. The normalized spacial score (nSPS) is 9.21. The highest BCUT2D eigenvalue weighted by Crippen LogP contribution is 1.82. The van der Waals surface area contributed by atoms with E-state index in [-0.39, 0.29) is 11.8 Å². The molecule has 0 aromatic heterocycles. The van der Waals surface area contributed by atoms with Crippen molar-refractivity contribution in [3.8, 4) is 0 Å². The van der Waals surface area contributed by atoms with Crippen LogP contribution in [0, 0.1) is 0 Å². The third-order valence-electron chi connectivity index (χ3n) is 2.03. The van der Waals surface area contributed by atoms with E-state index in [4.69, 9.17) is 0 Å². The van der Waals surface area contributed by atoms with Crippen molar-refractivity contribution in [2.45, 2.75) is 13.8 Å². The minimum Gasteiger partial charge on any atom is -0.438 e. The molecule has 0 aromatic carbocycles. The average molecular weight is 434 g/mol. The molecule has 0 saturated carbocycles. The van der Waals surface area contributed by atoms with E-state index in [1.165, 1.54) is 49.3 Å². The van der Waals surface area contributed by atoms with Crippen LogP contribution >= 0.6 is 0 Å². The van der Waals surface area contributed by atoms with Gasteiger partial charge >= 0.3 is 6.16 Å². The van der Waals surface area contributed by atoms with E-state index in [2.05, 4.69) is 18.4 Å². The molecule has 172 valence electrons. The van der Waals surface area contributed by atoms with Gasteiger partial charge in [-0.25, -0.2) is 13.3 Å². The molecule has 11 nitrogen and oxygen atoms in total. The highest BCUT2D eigenvalue weighted by atomic mass is 32.2. The van der Waals surface area contributed by atoms with Crippen LogP contribution in [0.4, 0.5) is 4.79 Å². The zero-order valence-electron chi connectivity index (χ0n) is 19.5. The molecule has 0 aliphatic carbocycles. The Morgan fingerprint density at radius 1 is 0.679 bits per heavy atom. The van der Waals surface area contributed by atoms with E-state index in [0.717, 1.165) is 0 Å². The van der Waals surface area contributed by atoms with Crippen LogP contribution in [-0.2, 0) is 39.2 Å². The molecule has 0 spiro atoms. The molecule has 0 aromatic rings. The summed E-state index contributed by atoms with van der Waals surface area (Å²) in [6.07, 6.45) is -0.657. The number of carbonyl (C=O) groups excluding carboxylic acids is 3. The maximum Gasteiger partial charge on any atom is 0.507 e. The van der Waals surface area contributed by atoms with Crippen LogP contribution in [0.25, 0.3) is 0 Å². The monoisotopic (exact) mass is 433 g/mol. The van der Waals surface area contributed by atoms with E-state index >= 15 is 0 Å². The van der Waals surface area contributed by atoms with Gasteiger partial charge in [-0.2, -0.15) is 0 Å². The Morgan fingerprint density at radius 3 is 0.893 bits per heavy atom. The Kier molecular flexibility index (Phi) is 36.3. The molecule has 0 N–H and O–H groups in total. The van der Waals surface area contributed by atoms with Crippen molar-refractivity contribution >= 4 is 29.2 Å². The lowest BCUT2D eigenvalue weighted by atomic mass is 10.7. The molecule has 1 unspecified atom stereocenters. The van der Waals surface area contributed by atoms with Crippen LogP contribution in [0.1, 0.15) is 13.8 Å². The van der Waals surface area contributed by atoms with Gasteiger partial charge in [-0.05, 0) is 0 Å². The number of rotatable bonds is 2. The summed E-state index contributed by atoms with van der Waals surface area (Å²) in [6, 6.07) is 0. The Labute approximate surface area is 172 Å². The summed E-state index contributed by atoms with van der Waals surface area (Å²) in [5.74, 6) is 0.185. The lowest BCUT2D eigenvalue weighted by molar-refractivity contribution is -0.127. The Morgan fingerprint density at radius 2 is 0.893 bits per heavy atom. The highest BCUT2D eigenvalue weighted by Gasteiger charge is 1.95. The number of amides is 2. The largest absolute Gasteiger partial charge is 0.507 e. The maximum absolute atomic E-state index is 10.3. The molecule has 0 saturated heterocycles. The first-order chi connectivity index (χ1) is 12.7. The smallest absolute Gasteiger partial charge is 0.438 e. The zero-order chi connectivity index (χ0) is 23.9. The molecular weight excluding hydrogens is 394 g/mol. The van der Waals surface area contributed by atoms with E-state index in [1.807, 2.05) is 0 Å². The molecule has 1 atom stereocenters. The molecule has 0 radical (unpaired) electrons. The first kappa shape index (κ1) is 37.1. The van der Waals surface area contributed by atoms with Gasteiger partial charge in [0.15, 0.2) is 0 Å². The van der Waals surface area contributed by atoms with Gasteiger partial charge in [0, 0.05) is 70.4 Å². The Hall–Kier alpha value is -1.76. The lowest BCUT2D eigenvalue weighted by Gasteiger charge is -2.03. The van der Waals surface area contributed by atoms with Gasteiger partial charge in [-0.3, -0.25) is 13.8 Å². The second-order valence-corrected chi connectivity index (χ2v) is 6.59. The SMILES string of the molecule is CC(=O)N(C)C.CC(=O)N(C)C.COC.COC(=O)OC.COS(=O)N(C)C. The number of hydrogen-bond acceptors (Lipinski definition) is 8.